The van der Waals surface area contributed by atoms with Gasteiger partial charge in [-0.2, -0.15) is 13.2 Å². The summed E-state index contributed by atoms with van der Waals surface area (Å²) in [6.45, 7) is 6.81. The minimum Gasteiger partial charge on any atom is -0.490 e. The first-order chi connectivity index (χ1) is 20.0. The zero-order valence-electron chi connectivity index (χ0n) is 24.0. The SMILES string of the molecule is CCOC(=O)C(C)(C)CC1CC(S(=O)(=O)c2cccc(C(F)(F)F)c2)c2cc(C=C(C)c3c(F)cccc3Cl)ccc2O1. The average Bonchev–Trinajstić information content (AvgIpc) is 2.92. The molecule has 1 aliphatic rings. The van der Waals surface area contributed by atoms with E-state index in [4.69, 9.17) is 21.1 Å². The van der Waals surface area contributed by atoms with Gasteiger partial charge in [0, 0.05) is 17.5 Å². The number of benzene rings is 3. The quantitative estimate of drug-likeness (QED) is 0.140. The molecule has 0 fully saturated rings. The van der Waals surface area contributed by atoms with E-state index in [-0.39, 0.29) is 41.3 Å². The standard InChI is InChI=1S/C32H31ClF4O5S/c1-5-41-30(38)31(3,4)18-22-17-28(43(39,40)23-9-6-8-21(16-23)32(35,36)37)24-15-20(12-13-27(24)42-22)14-19(2)29-25(33)10-7-11-26(29)34/h6-16,22,28H,5,17-18H2,1-4H3. The third-order valence-electron chi connectivity index (χ3n) is 7.32. The van der Waals surface area contributed by atoms with Gasteiger partial charge in [-0.15, -0.1) is 0 Å². The van der Waals surface area contributed by atoms with Crippen LogP contribution in [0.4, 0.5) is 17.6 Å². The summed E-state index contributed by atoms with van der Waals surface area (Å²) >= 11 is 6.22. The lowest BCUT2D eigenvalue weighted by Crippen LogP contribution is -2.37. The van der Waals surface area contributed by atoms with Crippen LogP contribution in [0.15, 0.2) is 65.6 Å². The Morgan fingerprint density at radius 1 is 1.09 bits per heavy atom. The zero-order chi connectivity index (χ0) is 31.7. The molecule has 0 amide bonds. The van der Waals surface area contributed by atoms with Crippen LogP contribution in [0.1, 0.15) is 68.0 Å². The van der Waals surface area contributed by atoms with Crippen LogP contribution >= 0.6 is 11.6 Å². The summed E-state index contributed by atoms with van der Waals surface area (Å²) in [4.78, 5) is 12.1. The van der Waals surface area contributed by atoms with E-state index in [0.717, 1.165) is 18.2 Å². The lowest BCUT2D eigenvalue weighted by molar-refractivity contribution is -0.155. The van der Waals surface area contributed by atoms with Crippen molar-refractivity contribution in [2.45, 2.75) is 63.0 Å². The van der Waals surface area contributed by atoms with Gasteiger partial charge in [-0.25, -0.2) is 12.8 Å². The van der Waals surface area contributed by atoms with Crippen molar-refractivity contribution in [2.24, 2.45) is 5.41 Å². The summed E-state index contributed by atoms with van der Waals surface area (Å²) < 4.78 is 94.4. The number of allylic oxidation sites excluding steroid dienone is 1. The lowest BCUT2D eigenvalue weighted by atomic mass is 9.84. The lowest BCUT2D eigenvalue weighted by Gasteiger charge is -2.35. The number of hydrogen-bond donors (Lipinski definition) is 0. The molecular formula is C32H31ClF4O5S. The zero-order valence-corrected chi connectivity index (χ0v) is 25.5. The number of carbonyl (C=O) groups is 1. The van der Waals surface area contributed by atoms with Gasteiger partial charge < -0.3 is 9.47 Å². The molecule has 5 nitrogen and oxygen atoms in total. The van der Waals surface area contributed by atoms with E-state index in [0.29, 0.717) is 17.2 Å². The maximum atomic E-state index is 14.5. The second-order valence-corrected chi connectivity index (χ2v) is 13.6. The molecule has 3 aromatic carbocycles. The van der Waals surface area contributed by atoms with Crippen LogP contribution in [0.2, 0.25) is 5.02 Å². The highest BCUT2D eigenvalue weighted by molar-refractivity contribution is 7.91. The number of fused-ring (bicyclic) bond motifs is 1. The van der Waals surface area contributed by atoms with E-state index < -0.39 is 55.0 Å². The van der Waals surface area contributed by atoms with E-state index in [9.17, 15) is 30.8 Å². The molecule has 0 spiro atoms. The molecule has 0 bridgehead atoms. The molecule has 43 heavy (non-hydrogen) atoms. The summed E-state index contributed by atoms with van der Waals surface area (Å²) in [5.74, 6) is -0.792. The molecule has 1 heterocycles. The molecule has 11 heteroatoms. The van der Waals surface area contributed by atoms with E-state index >= 15 is 0 Å². The first kappa shape index (κ1) is 32.5. The number of carbonyl (C=O) groups excluding carboxylic acids is 1. The van der Waals surface area contributed by atoms with Gasteiger partial charge in [-0.1, -0.05) is 35.9 Å². The van der Waals surface area contributed by atoms with Crippen molar-refractivity contribution in [1.29, 1.82) is 0 Å². The van der Waals surface area contributed by atoms with Crippen LogP contribution in [0.3, 0.4) is 0 Å². The van der Waals surface area contributed by atoms with Crippen molar-refractivity contribution in [1.82, 2.24) is 0 Å². The van der Waals surface area contributed by atoms with Crippen molar-refractivity contribution in [3.8, 4) is 5.75 Å². The van der Waals surface area contributed by atoms with Gasteiger partial charge in [0.15, 0.2) is 9.84 Å². The van der Waals surface area contributed by atoms with E-state index in [1.54, 1.807) is 58.0 Å². The molecular weight excluding hydrogens is 608 g/mol. The Morgan fingerprint density at radius 2 is 1.79 bits per heavy atom. The molecule has 4 rings (SSSR count). The molecule has 1 aliphatic heterocycles. The monoisotopic (exact) mass is 638 g/mol. The topological polar surface area (TPSA) is 69.7 Å². The highest BCUT2D eigenvalue weighted by Crippen LogP contribution is 2.46. The normalized spacial score (nSPS) is 17.7. The molecule has 0 N–H and O–H groups in total. The second-order valence-electron chi connectivity index (χ2n) is 11.1. The van der Waals surface area contributed by atoms with Crippen molar-refractivity contribution < 1.29 is 40.2 Å². The summed E-state index contributed by atoms with van der Waals surface area (Å²) in [6, 6.07) is 12.7. The molecule has 2 atom stereocenters. The first-order valence-electron chi connectivity index (χ1n) is 13.6. The predicted molar refractivity (Wildman–Crippen MR) is 157 cm³/mol. The number of hydrogen-bond acceptors (Lipinski definition) is 5. The Morgan fingerprint density at radius 3 is 2.44 bits per heavy atom. The number of halogens is 5. The van der Waals surface area contributed by atoms with Crippen LogP contribution in [0.5, 0.6) is 5.75 Å². The number of alkyl halides is 3. The minimum absolute atomic E-state index is 0.104. The van der Waals surface area contributed by atoms with Crippen LogP contribution in [0.25, 0.3) is 11.6 Å². The first-order valence-corrected chi connectivity index (χ1v) is 15.5. The maximum Gasteiger partial charge on any atom is 0.416 e. The summed E-state index contributed by atoms with van der Waals surface area (Å²) in [7, 11) is -4.39. The third-order valence-corrected chi connectivity index (χ3v) is 9.74. The highest BCUT2D eigenvalue weighted by atomic mass is 35.5. The molecule has 0 saturated heterocycles. The van der Waals surface area contributed by atoms with Gasteiger partial charge in [0.05, 0.1) is 32.8 Å². The molecule has 2 unspecified atom stereocenters. The van der Waals surface area contributed by atoms with Gasteiger partial charge in [0.1, 0.15) is 17.7 Å². The molecule has 3 aromatic rings. The van der Waals surface area contributed by atoms with E-state index in [2.05, 4.69) is 0 Å². The highest BCUT2D eigenvalue weighted by Gasteiger charge is 2.42. The fourth-order valence-corrected chi connectivity index (χ4v) is 7.40. The number of esters is 1. The van der Waals surface area contributed by atoms with E-state index in [1.165, 1.54) is 12.1 Å². The fraction of sp³-hybridized carbons (Fsp3) is 0.344. The summed E-state index contributed by atoms with van der Waals surface area (Å²) in [6.07, 6.45) is -3.90. The molecule has 0 radical (unpaired) electrons. The van der Waals surface area contributed by atoms with E-state index in [1.807, 2.05) is 0 Å². The number of rotatable bonds is 8. The summed E-state index contributed by atoms with van der Waals surface area (Å²) in [5.41, 5.74) is -0.701. The largest absolute Gasteiger partial charge is 0.490 e. The number of ether oxygens (including phenoxy) is 2. The van der Waals surface area contributed by atoms with Crippen molar-refractivity contribution >= 4 is 39.1 Å². The van der Waals surface area contributed by atoms with Crippen molar-refractivity contribution in [2.75, 3.05) is 6.61 Å². The van der Waals surface area contributed by atoms with Crippen molar-refractivity contribution in [3.63, 3.8) is 0 Å². The molecule has 0 aliphatic carbocycles. The van der Waals surface area contributed by atoms with Gasteiger partial charge in [-0.05, 0) is 87.7 Å². The predicted octanol–water partition coefficient (Wildman–Crippen LogP) is 8.70. The van der Waals surface area contributed by atoms with Crippen LogP contribution in [-0.4, -0.2) is 27.1 Å². The Balaban J connectivity index is 1.81. The summed E-state index contributed by atoms with van der Waals surface area (Å²) in [5, 5.41) is -1.10. The second kappa shape index (κ2) is 12.3. The molecule has 0 saturated carbocycles. The third kappa shape index (κ3) is 7.07. The van der Waals surface area contributed by atoms with Gasteiger partial charge >= 0.3 is 12.1 Å². The Kier molecular flexibility index (Phi) is 9.32. The Bertz CT molecular complexity index is 1640. The van der Waals surface area contributed by atoms with Crippen LogP contribution in [0, 0.1) is 11.2 Å². The van der Waals surface area contributed by atoms with Crippen LogP contribution in [-0.2, 0) is 25.5 Å². The smallest absolute Gasteiger partial charge is 0.416 e. The molecule has 0 aromatic heterocycles. The fourth-order valence-electron chi connectivity index (χ4n) is 5.22. The van der Waals surface area contributed by atoms with Gasteiger partial charge in [0.2, 0.25) is 0 Å². The average molecular weight is 639 g/mol. The van der Waals surface area contributed by atoms with Crippen molar-refractivity contribution in [3.05, 3.63) is 93.8 Å². The van der Waals surface area contributed by atoms with Gasteiger partial charge in [0.25, 0.3) is 0 Å². The maximum absolute atomic E-state index is 14.5. The Hall–Kier alpha value is -3.37. The number of sulfone groups is 1. The Labute approximate surface area is 253 Å². The minimum atomic E-state index is -4.74. The molecule has 230 valence electrons. The van der Waals surface area contributed by atoms with Gasteiger partial charge in [-0.3, -0.25) is 4.79 Å². The van der Waals surface area contributed by atoms with Crippen LogP contribution < -0.4 is 4.74 Å².